The monoisotopic (exact) mass is 188 g/mol. The summed E-state index contributed by atoms with van der Waals surface area (Å²) in [5.41, 5.74) is 5.04. The average molecular weight is 188 g/mol. The Kier molecular flexibility index (Phi) is 1.28. The Balaban J connectivity index is 2.26. The molecular weight excluding hydrogens is 180 g/mol. The first-order chi connectivity index (χ1) is 6.86. The maximum Gasteiger partial charge on any atom is 0.230 e. The molecule has 2 aliphatic heterocycles. The van der Waals surface area contributed by atoms with Crippen LogP contribution in [0.3, 0.4) is 0 Å². The van der Waals surface area contributed by atoms with Gasteiger partial charge in [-0.2, -0.15) is 5.48 Å². The topological polar surface area (TPSA) is 53.5 Å². The van der Waals surface area contributed by atoms with Gasteiger partial charge in [0, 0.05) is 17.5 Å². The van der Waals surface area contributed by atoms with E-state index < -0.39 is 0 Å². The van der Waals surface area contributed by atoms with Gasteiger partial charge in [0.15, 0.2) is 5.76 Å². The molecule has 4 nitrogen and oxygen atoms in total. The predicted octanol–water partition coefficient (Wildman–Crippen LogP) is 1.71. The number of fused-ring (bicyclic) bond motifs is 3. The summed E-state index contributed by atoms with van der Waals surface area (Å²) >= 11 is 0. The van der Waals surface area contributed by atoms with Crippen LogP contribution in [0.15, 0.2) is 42.1 Å². The van der Waals surface area contributed by atoms with Crippen LogP contribution >= 0.6 is 0 Å². The Labute approximate surface area is 80.5 Å². The highest BCUT2D eigenvalue weighted by Gasteiger charge is 2.27. The summed E-state index contributed by atoms with van der Waals surface area (Å²) in [5.74, 6) is 0.673. The van der Waals surface area contributed by atoms with E-state index in [1.807, 2.05) is 24.3 Å². The highest BCUT2D eigenvalue weighted by Crippen LogP contribution is 2.37. The fourth-order valence-corrected chi connectivity index (χ4v) is 1.65. The number of nitrogens with one attached hydrogen (secondary N) is 2. The number of anilines is 1. The quantitative estimate of drug-likeness (QED) is 0.580. The maximum absolute atomic E-state index is 9.55. The second-order valence-corrected chi connectivity index (χ2v) is 3.13. The van der Waals surface area contributed by atoms with Gasteiger partial charge in [-0.1, -0.05) is 18.2 Å². The molecule has 2 heterocycles. The Hall–Kier alpha value is -2.10. The van der Waals surface area contributed by atoms with Crippen molar-refractivity contribution in [3.8, 4) is 0 Å². The molecule has 1 aromatic rings. The standard InChI is InChI=1S/C10H8N2O2/c13-10-9-6-3-1-2-4-7(6)11-5-8(9)14-12-10/h1-5,11-13H. The molecule has 0 bridgehead atoms. The summed E-state index contributed by atoms with van der Waals surface area (Å²) in [5, 5.41) is 12.6. The zero-order valence-electron chi connectivity index (χ0n) is 7.24. The second kappa shape index (κ2) is 2.45. The van der Waals surface area contributed by atoms with Crippen LogP contribution in [0.4, 0.5) is 5.69 Å². The minimum Gasteiger partial charge on any atom is -0.492 e. The first-order valence-electron chi connectivity index (χ1n) is 4.29. The van der Waals surface area contributed by atoms with Crippen LogP contribution < -0.4 is 10.8 Å². The van der Waals surface area contributed by atoms with E-state index in [-0.39, 0.29) is 5.88 Å². The molecule has 0 spiro atoms. The third-order valence-electron chi connectivity index (χ3n) is 2.30. The van der Waals surface area contributed by atoms with Gasteiger partial charge in [0.25, 0.3) is 0 Å². The second-order valence-electron chi connectivity index (χ2n) is 3.13. The molecule has 0 amide bonds. The van der Waals surface area contributed by atoms with Gasteiger partial charge in [0.05, 0.1) is 5.57 Å². The molecule has 2 aliphatic rings. The molecule has 0 aromatic heterocycles. The van der Waals surface area contributed by atoms with Crippen LogP contribution in [0.25, 0.3) is 5.57 Å². The van der Waals surface area contributed by atoms with Gasteiger partial charge in [0.2, 0.25) is 5.88 Å². The van der Waals surface area contributed by atoms with Crippen LogP contribution in [0, 0.1) is 0 Å². The van der Waals surface area contributed by atoms with E-state index in [1.165, 1.54) is 0 Å². The van der Waals surface area contributed by atoms with Crippen molar-refractivity contribution >= 4 is 11.3 Å². The van der Waals surface area contributed by atoms with Crippen LogP contribution in [-0.4, -0.2) is 5.11 Å². The first kappa shape index (κ1) is 7.32. The zero-order chi connectivity index (χ0) is 9.54. The summed E-state index contributed by atoms with van der Waals surface area (Å²) in [6.45, 7) is 0. The van der Waals surface area contributed by atoms with E-state index in [1.54, 1.807) is 6.20 Å². The summed E-state index contributed by atoms with van der Waals surface area (Å²) in [6, 6.07) is 7.73. The Bertz CT molecular complexity index is 463. The highest BCUT2D eigenvalue weighted by atomic mass is 16.7. The molecule has 3 rings (SSSR count). The molecule has 0 saturated heterocycles. The molecule has 0 unspecified atom stereocenters. The largest absolute Gasteiger partial charge is 0.492 e. The number of rotatable bonds is 0. The fraction of sp³-hybridized carbons (Fsp3) is 0. The van der Waals surface area contributed by atoms with Gasteiger partial charge < -0.3 is 15.3 Å². The molecule has 70 valence electrons. The van der Waals surface area contributed by atoms with Gasteiger partial charge >= 0.3 is 0 Å². The van der Waals surface area contributed by atoms with Crippen LogP contribution in [-0.2, 0) is 4.84 Å². The van der Waals surface area contributed by atoms with Crippen molar-refractivity contribution in [3.05, 3.63) is 47.7 Å². The van der Waals surface area contributed by atoms with E-state index in [0.717, 1.165) is 11.3 Å². The smallest absolute Gasteiger partial charge is 0.230 e. The zero-order valence-corrected chi connectivity index (χ0v) is 7.24. The van der Waals surface area contributed by atoms with E-state index in [2.05, 4.69) is 10.8 Å². The van der Waals surface area contributed by atoms with Crippen LogP contribution in [0.2, 0.25) is 0 Å². The van der Waals surface area contributed by atoms with Crippen molar-refractivity contribution in [2.24, 2.45) is 0 Å². The normalized spacial score (nSPS) is 17.3. The Morgan fingerprint density at radius 1 is 1.21 bits per heavy atom. The van der Waals surface area contributed by atoms with E-state index in [4.69, 9.17) is 4.84 Å². The summed E-state index contributed by atoms with van der Waals surface area (Å²) in [6.07, 6.45) is 1.72. The van der Waals surface area contributed by atoms with Crippen molar-refractivity contribution in [1.29, 1.82) is 0 Å². The SMILES string of the molecule is OC1=C2C(=CNc3ccccc32)ON1. The number of hydroxylamine groups is 1. The minimum atomic E-state index is 0.0604. The predicted molar refractivity (Wildman–Crippen MR) is 51.9 cm³/mol. The summed E-state index contributed by atoms with van der Waals surface area (Å²) in [4.78, 5) is 5.05. The van der Waals surface area contributed by atoms with E-state index in [9.17, 15) is 5.11 Å². The third kappa shape index (κ3) is 0.821. The lowest BCUT2D eigenvalue weighted by Crippen LogP contribution is -2.04. The van der Waals surface area contributed by atoms with Gasteiger partial charge in [-0.25, -0.2) is 0 Å². The van der Waals surface area contributed by atoms with Gasteiger partial charge in [0.1, 0.15) is 0 Å². The van der Waals surface area contributed by atoms with Crippen LogP contribution in [0.1, 0.15) is 5.56 Å². The molecule has 0 aliphatic carbocycles. The Morgan fingerprint density at radius 3 is 3.00 bits per heavy atom. The number of para-hydroxylation sites is 1. The van der Waals surface area contributed by atoms with Gasteiger partial charge in [-0.3, -0.25) is 0 Å². The molecule has 0 radical (unpaired) electrons. The number of benzene rings is 1. The van der Waals surface area contributed by atoms with E-state index in [0.29, 0.717) is 11.3 Å². The lowest BCUT2D eigenvalue weighted by atomic mass is 10.0. The average Bonchev–Trinajstić information content (AvgIpc) is 2.61. The molecular formula is C10H8N2O2. The molecule has 14 heavy (non-hydrogen) atoms. The summed E-state index contributed by atoms with van der Waals surface area (Å²) < 4.78 is 0. The minimum absolute atomic E-state index is 0.0604. The van der Waals surface area contributed by atoms with E-state index >= 15 is 0 Å². The number of hydrogen-bond acceptors (Lipinski definition) is 4. The number of aliphatic hydroxyl groups excluding tert-OH is 1. The Morgan fingerprint density at radius 2 is 2.07 bits per heavy atom. The molecule has 1 aromatic carbocycles. The first-order valence-corrected chi connectivity index (χ1v) is 4.29. The highest BCUT2D eigenvalue weighted by molar-refractivity contribution is 5.89. The van der Waals surface area contributed by atoms with Crippen molar-refractivity contribution in [3.63, 3.8) is 0 Å². The van der Waals surface area contributed by atoms with Crippen molar-refractivity contribution in [2.75, 3.05) is 5.32 Å². The van der Waals surface area contributed by atoms with Crippen molar-refractivity contribution in [2.45, 2.75) is 0 Å². The van der Waals surface area contributed by atoms with Crippen LogP contribution in [0.5, 0.6) is 0 Å². The molecule has 0 fully saturated rings. The molecule has 3 N–H and O–H groups in total. The molecule has 4 heteroatoms. The number of aliphatic hydroxyl groups is 1. The number of allylic oxidation sites excluding steroid dienone is 1. The number of hydrogen-bond donors (Lipinski definition) is 3. The maximum atomic E-state index is 9.55. The van der Waals surface area contributed by atoms with Gasteiger partial charge in [-0.15, -0.1) is 0 Å². The molecule has 0 atom stereocenters. The molecule has 0 saturated carbocycles. The van der Waals surface area contributed by atoms with Gasteiger partial charge in [-0.05, 0) is 6.07 Å². The fourth-order valence-electron chi connectivity index (χ4n) is 1.65. The van der Waals surface area contributed by atoms with Crippen molar-refractivity contribution < 1.29 is 9.94 Å². The summed E-state index contributed by atoms with van der Waals surface area (Å²) in [7, 11) is 0. The lowest BCUT2D eigenvalue weighted by molar-refractivity contribution is 0.124. The van der Waals surface area contributed by atoms with Crippen molar-refractivity contribution in [1.82, 2.24) is 5.48 Å². The third-order valence-corrected chi connectivity index (χ3v) is 2.30. The lowest BCUT2D eigenvalue weighted by Gasteiger charge is -2.14.